The molecule has 8 nitrogen and oxygen atoms in total. The molecule has 1 amide bonds. The average Bonchev–Trinajstić information content (AvgIpc) is 2.58. The molecule has 0 unspecified atom stereocenters. The zero-order valence-corrected chi connectivity index (χ0v) is 14.7. The highest BCUT2D eigenvalue weighted by Crippen LogP contribution is 2.21. The van der Waals surface area contributed by atoms with Crippen molar-refractivity contribution >= 4 is 38.1 Å². The number of carbonyl (C=O) groups excluding carboxylic acids is 1. The maximum atomic E-state index is 12.4. The summed E-state index contributed by atoms with van der Waals surface area (Å²) in [4.78, 5) is 24.7. The molecule has 3 rings (SSSR count). The van der Waals surface area contributed by atoms with Crippen LogP contribution in [-0.2, 0) is 21.4 Å². The van der Waals surface area contributed by atoms with Crippen molar-refractivity contribution in [2.45, 2.75) is 6.54 Å². The molecular weight excluding hydrogens is 356 g/mol. The van der Waals surface area contributed by atoms with E-state index in [-0.39, 0.29) is 23.5 Å². The van der Waals surface area contributed by atoms with Gasteiger partial charge in [-0.1, -0.05) is 30.3 Å². The van der Waals surface area contributed by atoms with Crippen LogP contribution in [0.3, 0.4) is 0 Å². The Hall–Kier alpha value is -3.20. The molecule has 0 saturated heterocycles. The molecule has 26 heavy (non-hydrogen) atoms. The van der Waals surface area contributed by atoms with E-state index >= 15 is 0 Å². The van der Waals surface area contributed by atoms with Crippen LogP contribution in [0.25, 0.3) is 10.8 Å². The van der Waals surface area contributed by atoms with Crippen molar-refractivity contribution < 1.29 is 13.2 Å². The molecule has 0 atom stereocenters. The van der Waals surface area contributed by atoms with Gasteiger partial charge in [0.1, 0.15) is 6.54 Å². The molecule has 0 aliphatic carbocycles. The first kappa shape index (κ1) is 17.6. The number of para-hydroxylation sites is 2. The van der Waals surface area contributed by atoms with E-state index in [1.165, 1.54) is 12.3 Å². The van der Waals surface area contributed by atoms with E-state index in [1.54, 1.807) is 42.5 Å². The summed E-state index contributed by atoms with van der Waals surface area (Å²) < 4.78 is 26.2. The highest BCUT2D eigenvalue weighted by Gasteiger charge is 2.12. The van der Waals surface area contributed by atoms with E-state index in [0.717, 1.165) is 10.9 Å². The predicted molar refractivity (Wildman–Crippen MR) is 99.5 cm³/mol. The van der Waals surface area contributed by atoms with Gasteiger partial charge in [0.25, 0.3) is 5.56 Å². The van der Waals surface area contributed by atoms with Gasteiger partial charge in [0.2, 0.25) is 15.9 Å². The molecule has 2 aromatic carbocycles. The maximum Gasteiger partial charge on any atom is 0.275 e. The zero-order chi connectivity index (χ0) is 18.7. The number of amides is 1. The number of rotatable bonds is 5. The average molecular weight is 372 g/mol. The number of nitrogens with one attached hydrogen (secondary N) is 2. The van der Waals surface area contributed by atoms with Crippen LogP contribution in [0.2, 0.25) is 0 Å². The number of anilines is 2. The summed E-state index contributed by atoms with van der Waals surface area (Å²) >= 11 is 0. The second-order valence-corrected chi connectivity index (χ2v) is 7.41. The van der Waals surface area contributed by atoms with Gasteiger partial charge in [0, 0.05) is 5.39 Å². The van der Waals surface area contributed by atoms with Crippen molar-refractivity contribution in [1.82, 2.24) is 9.78 Å². The molecule has 2 N–H and O–H groups in total. The Bertz CT molecular complexity index is 1140. The van der Waals surface area contributed by atoms with Crippen LogP contribution >= 0.6 is 0 Å². The van der Waals surface area contributed by atoms with Crippen LogP contribution in [0.1, 0.15) is 0 Å². The molecule has 0 bridgehead atoms. The molecule has 0 aliphatic rings. The summed E-state index contributed by atoms with van der Waals surface area (Å²) in [6.07, 6.45) is 2.54. The van der Waals surface area contributed by atoms with Gasteiger partial charge in [-0.25, -0.2) is 13.1 Å². The number of sulfonamides is 1. The predicted octanol–water partition coefficient (Wildman–Crippen LogP) is 1.41. The van der Waals surface area contributed by atoms with Crippen molar-refractivity contribution in [2.24, 2.45) is 0 Å². The lowest BCUT2D eigenvalue weighted by Crippen LogP contribution is -2.29. The lowest BCUT2D eigenvalue weighted by atomic mass is 10.2. The minimum absolute atomic E-state index is 0.238. The Balaban J connectivity index is 1.82. The monoisotopic (exact) mass is 372 g/mol. The molecule has 134 valence electrons. The van der Waals surface area contributed by atoms with E-state index in [2.05, 4.69) is 15.1 Å². The Morgan fingerprint density at radius 1 is 1.08 bits per heavy atom. The van der Waals surface area contributed by atoms with Gasteiger partial charge < -0.3 is 5.32 Å². The van der Waals surface area contributed by atoms with E-state index in [1.807, 2.05) is 0 Å². The highest BCUT2D eigenvalue weighted by atomic mass is 32.2. The third-order valence-corrected chi connectivity index (χ3v) is 4.14. The fraction of sp³-hybridized carbons (Fsp3) is 0.118. The van der Waals surface area contributed by atoms with Crippen LogP contribution in [-0.4, -0.2) is 30.4 Å². The second kappa shape index (κ2) is 6.96. The summed E-state index contributed by atoms with van der Waals surface area (Å²) in [6.45, 7) is -0.295. The molecular formula is C17H16N4O4S. The number of hydrogen-bond acceptors (Lipinski definition) is 5. The van der Waals surface area contributed by atoms with Gasteiger partial charge in [-0.05, 0) is 18.2 Å². The molecule has 3 aromatic rings. The van der Waals surface area contributed by atoms with Gasteiger partial charge >= 0.3 is 0 Å². The Morgan fingerprint density at radius 3 is 2.46 bits per heavy atom. The molecule has 0 fully saturated rings. The van der Waals surface area contributed by atoms with E-state index in [4.69, 9.17) is 0 Å². The Kier molecular flexibility index (Phi) is 4.72. The molecule has 9 heteroatoms. The van der Waals surface area contributed by atoms with Crippen molar-refractivity contribution in [2.75, 3.05) is 16.3 Å². The number of carbonyl (C=O) groups is 1. The number of aromatic nitrogens is 2. The molecule has 1 aromatic heterocycles. The van der Waals surface area contributed by atoms with Crippen molar-refractivity contribution in [3.8, 4) is 0 Å². The fourth-order valence-corrected chi connectivity index (χ4v) is 3.02. The van der Waals surface area contributed by atoms with E-state index in [0.29, 0.717) is 10.8 Å². The minimum Gasteiger partial charge on any atom is -0.323 e. The van der Waals surface area contributed by atoms with Gasteiger partial charge in [-0.3, -0.25) is 14.3 Å². The minimum atomic E-state index is -3.49. The quantitative estimate of drug-likeness (QED) is 0.704. The van der Waals surface area contributed by atoms with E-state index < -0.39 is 15.9 Å². The summed E-state index contributed by atoms with van der Waals surface area (Å²) in [5, 5.41) is 7.75. The largest absolute Gasteiger partial charge is 0.323 e. The number of hydrogen-bond donors (Lipinski definition) is 2. The van der Waals surface area contributed by atoms with Gasteiger partial charge in [0.15, 0.2) is 0 Å². The van der Waals surface area contributed by atoms with Gasteiger partial charge in [-0.2, -0.15) is 5.10 Å². The van der Waals surface area contributed by atoms with Crippen molar-refractivity contribution in [3.63, 3.8) is 0 Å². The fourth-order valence-electron chi connectivity index (χ4n) is 2.45. The molecule has 0 spiro atoms. The zero-order valence-electron chi connectivity index (χ0n) is 13.8. The number of fused-ring (bicyclic) bond motifs is 1. The summed E-state index contributed by atoms with van der Waals surface area (Å²) in [6, 6.07) is 13.3. The smallest absolute Gasteiger partial charge is 0.275 e. The summed E-state index contributed by atoms with van der Waals surface area (Å²) in [7, 11) is -3.49. The molecule has 0 radical (unpaired) electrons. The standard InChI is InChI=1S/C17H16N4O4S/c1-26(24,25)20-15-9-5-4-8-14(15)19-16(22)11-21-17(23)13-7-3-2-6-12(13)10-18-21/h2-10,20H,11H2,1H3,(H,19,22). The van der Waals surface area contributed by atoms with Crippen molar-refractivity contribution in [1.29, 1.82) is 0 Å². The Morgan fingerprint density at radius 2 is 1.73 bits per heavy atom. The summed E-state index contributed by atoms with van der Waals surface area (Å²) in [5.74, 6) is -0.502. The third kappa shape index (κ3) is 4.06. The number of benzene rings is 2. The topological polar surface area (TPSA) is 110 Å². The normalized spacial score (nSPS) is 11.3. The lowest BCUT2D eigenvalue weighted by molar-refractivity contribution is -0.117. The first-order valence-electron chi connectivity index (χ1n) is 7.65. The molecule has 1 heterocycles. The lowest BCUT2D eigenvalue weighted by Gasteiger charge is -2.12. The molecule has 0 aliphatic heterocycles. The maximum absolute atomic E-state index is 12.4. The van der Waals surface area contributed by atoms with E-state index in [9.17, 15) is 18.0 Å². The molecule has 0 saturated carbocycles. The third-order valence-electron chi connectivity index (χ3n) is 3.55. The van der Waals surface area contributed by atoms with Crippen LogP contribution in [0.5, 0.6) is 0 Å². The van der Waals surface area contributed by atoms with Crippen molar-refractivity contribution in [3.05, 3.63) is 65.1 Å². The van der Waals surface area contributed by atoms with Gasteiger partial charge in [0.05, 0.1) is 29.2 Å². The van der Waals surface area contributed by atoms with Crippen LogP contribution < -0.4 is 15.6 Å². The Labute approximate surface area is 149 Å². The number of nitrogens with zero attached hydrogens (tertiary/aromatic N) is 2. The first-order chi connectivity index (χ1) is 12.3. The highest BCUT2D eigenvalue weighted by molar-refractivity contribution is 7.92. The summed E-state index contributed by atoms with van der Waals surface area (Å²) in [5.41, 5.74) is 0.153. The van der Waals surface area contributed by atoms with Crippen LogP contribution in [0, 0.1) is 0 Å². The second-order valence-electron chi connectivity index (χ2n) is 5.66. The van der Waals surface area contributed by atoms with Crippen LogP contribution in [0.15, 0.2) is 59.5 Å². The van der Waals surface area contributed by atoms with Gasteiger partial charge in [-0.15, -0.1) is 0 Å². The van der Waals surface area contributed by atoms with Crippen LogP contribution in [0.4, 0.5) is 11.4 Å². The SMILES string of the molecule is CS(=O)(=O)Nc1ccccc1NC(=O)Cn1ncc2ccccc2c1=O. The first-order valence-corrected chi connectivity index (χ1v) is 9.54.